The highest BCUT2D eigenvalue weighted by atomic mass is 16.5. The van der Waals surface area contributed by atoms with Gasteiger partial charge in [0.25, 0.3) is 5.91 Å². The summed E-state index contributed by atoms with van der Waals surface area (Å²) < 4.78 is 12.2. The van der Waals surface area contributed by atoms with E-state index in [4.69, 9.17) is 9.47 Å². The maximum atomic E-state index is 13.0. The molecule has 0 radical (unpaired) electrons. The van der Waals surface area contributed by atoms with E-state index in [9.17, 15) is 4.79 Å². The zero-order valence-electron chi connectivity index (χ0n) is 17.5. The molecule has 0 unspecified atom stereocenters. The molecule has 156 valence electrons. The fraction of sp³-hybridized carbons (Fsp3) is 0.333. The lowest BCUT2D eigenvalue weighted by atomic mass is 10.1. The Bertz CT molecular complexity index is 1060. The Morgan fingerprint density at radius 2 is 1.87 bits per heavy atom. The van der Waals surface area contributed by atoms with Crippen LogP contribution in [-0.2, 0) is 13.0 Å². The van der Waals surface area contributed by atoms with Crippen molar-refractivity contribution >= 4 is 11.6 Å². The number of rotatable bonds is 6. The van der Waals surface area contributed by atoms with Crippen LogP contribution in [0.25, 0.3) is 5.69 Å². The second-order valence-corrected chi connectivity index (χ2v) is 7.25. The van der Waals surface area contributed by atoms with Crippen molar-refractivity contribution in [1.82, 2.24) is 25.1 Å². The zero-order chi connectivity index (χ0) is 21.3. The summed E-state index contributed by atoms with van der Waals surface area (Å²) in [5.74, 6) is 1.69. The molecule has 1 aromatic heterocycles. The van der Waals surface area contributed by atoms with Crippen molar-refractivity contribution in [2.75, 3.05) is 39.8 Å². The average molecular weight is 408 g/mol. The van der Waals surface area contributed by atoms with Gasteiger partial charge >= 0.3 is 0 Å². The largest absolute Gasteiger partial charge is 0.497 e. The van der Waals surface area contributed by atoms with Crippen molar-refractivity contribution in [3.8, 4) is 17.2 Å². The first-order valence-electron chi connectivity index (χ1n) is 9.60. The van der Waals surface area contributed by atoms with Crippen molar-refractivity contribution in [2.45, 2.75) is 13.0 Å². The summed E-state index contributed by atoms with van der Waals surface area (Å²) in [6.45, 7) is 1.22. The van der Waals surface area contributed by atoms with Crippen molar-refractivity contribution in [2.24, 2.45) is 0 Å². The van der Waals surface area contributed by atoms with Gasteiger partial charge in [0.2, 0.25) is 0 Å². The molecule has 1 amide bonds. The first kappa shape index (κ1) is 19.7. The summed E-state index contributed by atoms with van der Waals surface area (Å²) in [5.41, 5.74) is 3.72. The van der Waals surface area contributed by atoms with Gasteiger partial charge in [-0.15, -0.1) is 5.10 Å². The molecule has 1 aliphatic rings. The van der Waals surface area contributed by atoms with Crippen LogP contribution in [0.2, 0.25) is 0 Å². The Hall–Kier alpha value is -3.62. The number of fused-ring (bicyclic) bond motifs is 1. The minimum Gasteiger partial charge on any atom is -0.497 e. The minimum atomic E-state index is -0.0872. The normalized spacial score (nSPS) is 12.6. The lowest BCUT2D eigenvalue weighted by molar-refractivity contribution is 0.0780. The topological polar surface area (TPSA) is 85.6 Å². The number of carbonyl (C=O) groups excluding carboxylic acids is 1. The number of nitrogens with zero attached hydrogens (tertiary/aromatic N) is 6. The number of hydrogen-bond acceptors (Lipinski definition) is 7. The molecule has 1 aliphatic heterocycles. The van der Waals surface area contributed by atoms with Gasteiger partial charge in [0.05, 0.1) is 26.5 Å². The first-order chi connectivity index (χ1) is 14.5. The SMILES string of the molecule is COc1cc(OC)cc(-n2nnnc2CN(C)C(=O)c2ccc3c(c2)N(C)CC3)c1. The molecule has 3 aromatic rings. The molecule has 0 atom stereocenters. The van der Waals surface area contributed by atoms with Crippen LogP contribution < -0.4 is 14.4 Å². The smallest absolute Gasteiger partial charge is 0.254 e. The van der Waals surface area contributed by atoms with Crippen molar-refractivity contribution in [3.05, 3.63) is 53.3 Å². The van der Waals surface area contributed by atoms with Crippen LogP contribution in [0.1, 0.15) is 21.7 Å². The summed E-state index contributed by atoms with van der Waals surface area (Å²) in [5, 5.41) is 12.0. The van der Waals surface area contributed by atoms with E-state index in [0.29, 0.717) is 28.6 Å². The Kier molecular flexibility index (Phi) is 5.26. The number of benzene rings is 2. The Morgan fingerprint density at radius 1 is 1.13 bits per heavy atom. The molecule has 0 spiro atoms. The number of amides is 1. The van der Waals surface area contributed by atoms with Crippen molar-refractivity contribution in [3.63, 3.8) is 0 Å². The van der Waals surface area contributed by atoms with Gasteiger partial charge in [-0.1, -0.05) is 6.07 Å². The first-order valence-corrected chi connectivity index (χ1v) is 9.60. The molecular weight excluding hydrogens is 384 g/mol. The van der Waals surface area contributed by atoms with Gasteiger partial charge in [0, 0.05) is 50.1 Å². The van der Waals surface area contributed by atoms with E-state index in [1.54, 1.807) is 49.0 Å². The van der Waals surface area contributed by atoms with Crippen LogP contribution in [0, 0.1) is 0 Å². The maximum Gasteiger partial charge on any atom is 0.254 e. The molecule has 9 heteroatoms. The third kappa shape index (κ3) is 3.66. The number of methoxy groups -OCH3 is 2. The van der Waals surface area contributed by atoms with Crippen LogP contribution in [-0.4, -0.2) is 65.9 Å². The fourth-order valence-corrected chi connectivity index (χ4v) is 3.60. The Labute approximate surface area is 174 Å². The Morgan fingerprint density at radius 3 is 2.57 bits per heavy atom. The summed E-state index contributed by atoms with van der Waals surface area (Å²) in [4.78, 5) is 16.8. The van der Waals surface area contributed by atoms with E-state index >= 15 is 0 Å². The van der Waals surface area contributed by atoms with Crippen LogP contribution in [0.3, 0.4) is 0 Å². The third-order valence-electron chi connectivity index (χ3n) is 5.30. The lowest BCUT2D eigenvalue weighted by Gasteiger charge is -2.18. The second-order valence-electron chi connectivity index (χ2n) is 7.25. The van der Waals surface area contributed by atoms with E-state index in [-0.39, 0.29) is 12.5 Å². The highest BCUT2D eigenvalue weighted by Crippen LogP contribution is 2.28. The number of tetrazole rings is 1. The number of anilines is 1. The van der Waals surface area contributed by atoms with Crippen LogP contribution in [0.4, 0.5) is 5.69 Å². The van der Waals surface area contributed by atoms with Gasteiger partial charge in [-0.3, -0.25) is 4.79 Å². The van der Waals surface area contributed by atoms with Gasteiger partial charge in [-0.25, -0.2) is 0 Å². The molecule has 0 saturated heterocycles. The molecule has 2 aromatic carbocycles. The highest BCUT2D eigenvalue weighted by molar-refractivity contribution is 5.95. The van der Waals surface area contributed by atoms with E-state index in [0.717, 1.165) is 18.7 Å². The molecule has 2 heterocycles. The van der Waals surface area contributed by atoms with Crippen LogP contribution in [0.5, 0.6) is 11.5 Å². The summed E-state index contributed by atoms with van der Waals surface area (Å²) in [6.07, 6.45) is 1.01. The fourth-order valence-electron chi connectivity index (χ4n) is 3.60. The van der Waals surface area contributed by atoms with Crippen LogP contribution in [0.15, 0.2) is 36.4 Å². The lowest BCUT2D eigenvalue weighted by Crippen LogP contribution is -2.28. The summed E-state index contributed by atoms with van der Waals surface area (Å²) in [7, 11) is 6.95. The molecule has 0 saturated carbocycles. The molecule has 4 rings (SSSR count). The highest BCUT2D eigenvalue weighted by Gasteiger charge is 2.21. The van der Waals surface area contributed by atoms with Crippen molar-refractivity contribution in [1.29, 1.82) is 0 Å². The molecule has 0 N–H and O–H groups in total. The zero-order valence-corrected chi connectivity index (χ0v) is 17.5. The standard InChI is InChI=1S/C21H24N6O3/c1-25-8-7-14-5-6-15(9-19(14)25)21(28)26(2)13-20-22-23-24-27(20)16-10-17(29-3)12-18(11-16)30-4/h5-6,9-12H,7-8,13H2,1-4H3. The Balaban J connectivity index is 1.57. The predicted octanol–water partition coefficient (Wildman–Crippen LogP) is 1.94. The molecular formula is C21H24N6O3. The molecule has 0 bridgehead atoms. The number of carbonyl (C=O) groups is 1. The van der Waals surface area contributed by atoms with Gasteiger partial charge in [-0.2, -0.15) is 4.68 Å². The number of likely N-dealkylation sites (N-methyl/N-ethyl adjacent to an activating group) is 1. The van der Waals surface area contributed by atoms with Gasteiger partial charge in [-0.05, 0) is 34.5 Å². The van der Waals surface area contributed by atoms with Gasteiger partial charge in [0.1, 0.15) is 11.5 Å². The van der Waals surface area contributed by atoms with E-state index in [1.165, 1.54) is 5.56 Å². The average Bonchev–Trinajstić information content (AvgIpc) is 3.39. The summed E-state index contributed by atoms with van der Waals surface area (Å²) >= 11 is 0. The van der Waals surface area contributed by atoms with Crippen LogP contribution >= 0.6 is 0 Å². The number of hydrogen-bond donors (Lipinski definition) is 0. The monoisotopic (exact) mass is 408 g/mol. The third-order valence-corrected chi connectivity index (χ3v) is 5.30. The predicted molar refractivity (Wildman–Crippen MR) is 111 cm³/mol. The quantitative estimate of drug-likeness (QED) is 0.616. The molecule has 0 fully saturated rings. The molecule has 9 nitrogen and oxygen atoms in total. The molecule has 0 aliphatic carbocycles. The minimum absolute atomic E-state index is 0.0872. The van der Waals surface area contributed by atoms with E-state index in [2.05, 4.69) is 20.4 Å². The van der Waals surface area contributed by atoms with E-state index < -0.39 is 0 Å². The van der Waals surface area contributed by atoms with Gasteiger partial charge < -0.3 is 19.3 Å². The number of aromatic nitrogens is 4. The molecule has 30 heavy (non-hydrogen) atoms. The maximum absolute atomic E-state index is 13.0. The summed E-state index contributed by atoms with van der Waals surface area (Å²) in [6, 6.07) is 11.3. The second kappa shape index (κ2) is 8.02. The van der Waals surface area contributed by atoms with E-state index in [1.807, 2.05) is 25.2 Å². The van der Waals surface area contributed by atoms with Gasteiger partial charge in [0.15, 0.2) is 5.82 Å². The number of ether oxygens (including phenoxy) is 2. The van der Waals surface area contributed by atoms with Crippen molar-refractivity contribution < 1.29 is 14.3 Å².